The van der Waals surface area contributed by atoms with Crippen LogP contribution >= 0.6 is 0 Å². The van der Waals surface area contributed by atoms with Gasteiger partial charge in [0.25, 0.3) is 5.91 Å². The topological polar surface area (TPSA) is 98.5 Å². The van der Waals surface area contributed by atoms with Crippen molar-refractivity contribution in [2.75, 3.05) is 0 Å². The molecule has 1 aliphatic rings. The molecule has 0 aromatic rings. The molecule has 0 spiro atoms. The molecule has 6 nitrogen and oxygen atoms in total. The predicted molar refractivity (Wildman–Crippen MR) is 46.0 cm³/mol. The van der Waals surface area contributed by atoms with Crippen molar-refractivity contribution in [2.45, 2.75) is 25.9 Å². The molecule has 78 valence electrons. The number of hydrogen-bond acceptors (Lipinski definition) is 4. The highest BCUT2D eigenvalue weighted by molar-refractivity contribution is 5.96. The Morgan fingerprint density at radius 2 is 2.00 bits per heavy atom. The maximum Gasteiger partial charge on any atom is 0.318 e. The van der Waals surface area contributed by atoms with Crippen molar-refractivity contribution in [1.29, 1.82) is 0 Å². The molecule has 1 atom stereocenters. The lowest BCUT2D eigenvalue weighted by atomic mass is 10.3. The second-order valence-corrected chi connectivity index (χ2v) is 3.21. The molecule has 0 aromatic carbocycles. The number of ether oxygens (including phenoxy) is 1. The maximum absolute atomic E-state index is 11.1. The van der Waals surface area contributed by atoms with Gasteiger partial charge in [-0.05, 0) is 19.8 Å². The Kier molecular flexibility index (Phi) is 3.06. The van der Waals surface area contributed by atoms with Gasteiger partial charge in [-0.25, -0.2) is 4.79 Å². The van der Waals surface area contributed by atoms with E-state index in [0.717, 1.165) is 12.8 Å². The molecule has 6 heteroatoms. The van der Waals surface area contributed by atoms with Gasteiger partial charge in [0, 0.05) is 0 Å². The molecule has 0 bridgehead atoms. The van der Waals surface area contributed by atoms with Crippen LogP contribution in [0.2, 0.25) is 0 Å². The number of hydrogen-bond donors (Lipinski definition) is 2. The third-order valence-electron chi connectivity index (χ3n) is 1.82. The highest BCUT2D eigenvalue weighted by Gasteiger charge is 2.33. The third kappa shape index (κ3) is 3.04. The molecule has 0 aliphatic heterocycles. The summed E-state index contributed by atoms with van der Waals surface area (Å²) < 4.78 is 4.78. The van der Waals surface area contributed by atoms with Crippen molar-refractivity contribution >= 4 is 17.9 Å². The number of nitrogens with one attached hydrogen (secondary N) is 1. The summed E-state index contributed by atoms with van der Waals surface area (Å²) in [7, 11) is 0. The molecule has 14 heavy (non-hydrogen) atoms. The van der Waals surface area contributed by atoms with Crippen molar-refractivity contribution in [3.05, 3.63) is 0 Å². The summed E-state index contributed by atoms with van der Waals surface area (Å²) in [5, 5.41) is 1.83. The van der Waals surface area contributed by atoms with E-state index in [1.54, 1.807) is 0 Å². The normalized spacial score (nSPS) is 16.9. The molecule has 1 fully saturated rings. The monoisotopic (exact) mass is 200 g/mol. The zero-order chi connectivity index (χ0) is 10.7. The number of carbonyl (C=O) groups is 3. The minimum absolute atomic E-state index is 0.0705. The summed E-state index contributed by atoms with van der Waals surface area (Å²) in [6, 6.07) is -0.954. The van der Waals surface area contributed by atoms with Gasteiger partial charge in [0.2, 0.25) is 0 Å². The second kappa shape index (κ2) is 4.08. The first-order chi connectivity index (χ1) is 6.50. The fraction of sp³-hybridized carbons (Fsp3) is 0.625. The van der Waals surface area contributed by atoms with Crippen LogP contribution in [0.4, 0.5) is 4.79 Å². The van der Waals surface area contributed by atoms with E-state index in [1.165, 1.54) is 6.92 Å². The van der Waals surface area contributed by atoms with E-state index in [1.807, 2.05) is 5.32 Å². The van der Waals surface area contributed by atoms with Crippen molar-refractivity contribution in [3.63, 3.8) is 0 Å². The summed E-state index contributed by atoms with van der Waals surface area (Å²) in [5.74, 6) is -1.16. The van der Waals surface area contributed by atoms with E-state index in [9.17, 15) is 14.4 Å². The van der Waals surface area contributed by atoms with Crippen molar-refractivity contribution in [1.82, 2.24) is 5.32 Å². The zero-order valence-corrected chi connectivity index (χ0v) is 7.78. The molecule has 3 N–H and O–H groups in total. The number of primary amides is 1. The van der Waals surface area contributed by atoms with Gasteiger partial charge < -0.3 is 10.5 Å². The number of amides is 3. The van der Waals surface area contributed by atoms with Crippen molar-refractivity contribution in [3.8, 4) is 0 Å². The molecule has 1 aliphatic carbocycles. The Bertz CT molecular complexity index is 273. The van der Waals surface area contributed by atoms with Crippen LogP contribution in [0.15, 0.2) is 0 Å². The van der Waals surface area contributed by atoms with Gasteiger partial charge in [-0.2, -0.15) is 0 Å². The number of esters is 1. The van der Waals surface area contributed by atoms with E-state index < -0.39 is 24.0 Å². The molecule has 0 heterocycles. The van der Waals surface area contributed by atoms with Crippen LogP contribution in [0.1, 0.15) is 19.8 Å². The number of imide groups is 1. The van der Waals surface area contributed by atoms with E-state index >= 15 is 0 Å². The Hall–Kier alpha value is -1.59. The van der Waals surface area contributed by atoms with Gasteiger partial charge in [0.15, 0.2) is 6.10 Å². The minimum Gasteiger partial charge on any atom is -0.452 e. The van der Waals surface area contributed by atoms with Gasteiger partial charge >= 0.3 is 12.0 Å². The van der Waals surface area contributed by atoms with E-state index in [0.29, 0.717) is 0 Å². The number of nitrogens with two attached hydrogens (primary N) is 1. The first kappa shape index (κ1) is 10.5. The molecule has 3 amide bonds. The first-order valence-corrected chi connectivity index (χ1v) is 4.31. The lowest BCUT2D eigenvalue weighted by Gasteiger charge is -2.11. The lowest BCUT2D eigenvalue weighted by molar-refractivity contribution is -0.155. The van der Waals surface area contributed by atoms with E-state index in [2.05, 4.69) is 0 Å². The van der Waals surface area contributed by atoms with Crippen LogP contribution in [0.5, 0.6) is 0 Å². The summed E-state index contributed by atoms with van der Waals surface area (Å²) in [6.07, 6.45) is 0.641. The molecule has 1 rings (SSSR count). The standard InChI is InChI=1S/C8H12N2O4/c1-4(6(11)10-8(9)13)14-7(12)5-2-3-5/h4-5H,2-3H2,1H3,(H3,9,10,11,13). The van der Waals surface area contributed by atoms with E-state index in [4.69, 9.17) is 10.5 Å². The molecular formula is C8H12N2O4. The summed E-state index contributed by atoms with van der Waals surface area (Å²) in [4.78, 5) is 32.4. The molecule has 0 saturated heterocycles. The average molecular weight is 200 g/mol. The summed E-state index contributed by atoms with van der Waals surface area (Å²) in [5.41, 5.74) is 4.72. The van der Waals surface area contributed by atoms with E-state index in [-0.39, 0.29) is 5.92 Å². The highest BCUT2D eigenvalue weighted by Crippen LogP contribution is 2.30. The van der Waals surface area contributed by atoms with Crippen LogP contribution < -0.4 is 11.1 Å². The van der Waals surface area contributed by atoms with Crippen molar-refractivity contribution in [2.24, 2.45) is 11.7 Å². The molecule has 0 aromatic heterocycles. The fourth-order valence-corrected chi connectivity index (χ4v) is 0.866. The molecule has 1 saturated carbocycles. The van der Waals surface area contributed by atoms with Crippen LogP contribution in [-0.2, 0) is 14.3 Å². The molecule has 0 radical (unpaired) electrons. The van der Waals surface area contributed by atoms with Crippen LogP contribution in [-0.4, -0.2) is 24.0 Å². The highest BCUT2D eigenvalue weighted by atomic mass is 16.5. The van der Waals surface area contributed by atoms with Gasteiger partial charge in [0.05, 0.1) is 5.92 Å². The van der Waals surface area contributed by atoms with Crippen LogP contribution in [0.25, 0.3) is 0 Å². The van der Waals surface area contributed by atoms with Crippen LogP contribution in [0.3, 0.4) is 0 Å². The lowest BCUT2D eigenvalue weighted by Crippen LogP contribution is -2.42. The Morgan fingerprint density at radius 3 is 2.43 bits per heavy atom. The molecule has 1 unspecified atom stereocenters. The molecular weight excluding hydrogens is 188 g/mol. The van der Waals surface area contributed by atoms with Gasteiger partial charge in [0.1, 0.15) is 0 Å². The third-order valence-corrected chi connectivity index (χ3v) is 1.82. The van der Waals surface area contributed by atoms with Gasteiger partial charge in [-0.1, -0.05) is 0 Å². The smallest absolute Gasteiger partial charge is 0.318 e. The second-order valence-electron chi connectivity index (χ2n) is 3.21. The minimum atomic E-state index is -0.976. The van der Waals surface area contributed by atoms with Crippen LogP contribution in [0, 0.1) is 5.92 Å². The quantitative estimate of drug-likeness (QED) is 0.601. The largest absolute Gasteiger partial charge is 0.452 e. The maximum atomic E-state index is 11.1. The van der Waals surface area contributed by atoms with Gasteiger partial charge in [-0.3, -0.25) is 14.9 Å². The first-order valence-electron chi connectivity index (χ1n) is 4.31. The zero-order valence-electron chi connectivity index (χ0n) is 7.78. The fourth-order valence-electron chi connectivity index (χ4n) is 0.866. The number of urea groups is 1. The van der Waals surface area contributed by atoms with Crippen molar-refractivity contribution < 1.29 is 19.1 Å². The Morgan fingerprint density at radius 1 is 1.43 bits per heavy atom. The SMILES string of the molecule is CC(OC(=O)C1CC1)C(=O)NC(N)=O. The average Bonchev–Trinajstić information content (AvgIpc) is 2.84. The summed E-state index contributed by atoms with van der Waals surface area (Å²) in [6.45, 7) is 1.39. The Balaban J connectivity index is 2.32. The van der Waals surface area contributed by atoms with Gasteiger partial charge in [-0.15, -0.1) is 0 Å². The predicted octanol–water partition coefficient (Wildman–Crippen LogP) is -0.477. The summed E-state index contributed by atoms with van der Waals surface area (Å²) >= 11 is 0. The number of rotatable bonds is 3. The Labute approximate surface area is 80.8 Å². The number of carbonyl (C=O) groups excluding carboxylic acids is 3.